The summed E-state index contributed by atoms with van der Waals surface area (Å²) < 4.78 is 35.5. The summed E-state index contributed by atoms with van der Waals surface area (Å²) in [6.07, 6.45) is 11.1. The molecule has 242 valence electrons. The zero-order valence-corrected chi connectivity index (χ0v) is 26.5. The topological polar surface area (TPSA) is 90.8 Å². The van der Waals surface area contributed by atoms with Crippen molar-refractivity contribution in [2.45, 2.75) is 75.5 Å². The van der Waals surface area contributed by atoms with Crippen LogP contribution in [0.2, 0.25) is 0 Å². The highest BCUT2D eigenvalue weighted by atomic mass is 19.1. The molecule has 1 aliphatic carbocycles. The molecule has 0 saturated carbocycles. The monoisotopic (exact) mass is 629 g/mol. The normalized spacial score (nSPS) is 25.0. The number of terminal acetylenes is 1. The fourth-order valence-electron chi connectivity index (χ4n) is 7.40. The van der Waals surface area contributed by atoms with E-state index < -0.39 is 17.5 Å². The zero-order valence-electron chi connectivity index (χ0n) is 26.5. The summed E-state index contributed by atoms with van der Waals surface area (Å²) in [6.45, 7) is 7.50. The molecule has 3 aromatic rings. The van der Waals surface area contributed by atoms with Crippen molar-refractivity contribution in [2.24, 2.45) is 0 Å². The molecule has 0 spiro atoms. The van der Waals surface area contributed by atoms with E-state index >= 15 is 0 Å². The summed E-state index contributed by atoms with van der Waals surface area (Å²) in [6, 6.07) is 6.41. The molecule has 2 aliphatic heterocycles. The molecular weight excluding hydrogens is 588 g/mol. The predicted molar refractivity (Wildman–Crippen MR) is 175 cm³/mol. The van der Waals surface area contributed by atoms with Crippen LogP contribution in [0.4, 0.5) is 14.6 Å². The van der Waals surface area contributed by atoms with E-state index in [-0.39, 0.29) is 41.8 Å². The molecule has 6 rings (SSSR count). The van der Waals surface area contributed by atoms with Gasteiger partial charge >= 0.3 is 6.01 Å². The number of phenolic OH excluding ortho intramolecular Hbond substituents is 1. The number of amides is 1. The van der Waals surface area contributed by atoms with E-state index in [0.717, 1.165) is 48.4 Å². The summed E-state index contributed by atoms with van der Waals surface area (Å²) >= 11 is 0. The number of hydrogen-bond donors (Lipinski definition) is 2. The number of halogens is 2. The number of carbonyl (C=O) groups excluding carboxylic acids is 1. The maximum absolute atomic E-state index is 14.9. The third-order valence-electron chi connectivity index (χ3n) is 9.97. The zero-order chi connectivity index (χ0) is 32.6. The van der Waals surface area contributed by atoms with Crippen LogP contribution in [-0.2, 0) is 17.6 Å². The lowest BCUT2D eigenvalue weighted by atomic mass is 9.79. The number of likely N-dealkylation sites (N-methyl/N-ethyl adjacent to an activating group) is 1. The molecular formula is C36H41F2N5O3. The lowest BCUT2D eigenvalue weighted by molar-refractivity contribution is -0.117. The second-order valence-electron chi connectivity index (χ2n) is 13.2. The Balaban J connectivity index is 1.39. The van der Waals surface area contributed by atoms with Gasteiger partial charge in [0.15, 0.2) is 0 Å². The van der Waals surface area contributed by atoms with Crippen LogP contribution in [0.15, 0.2) is 36.9 Å². The fraction of sp³-hybridized carbons (Fsp3) is 0.472. The van der Waals surface area contributed by atoms with Crippen LogP contribution in [-0.4, -0.2) is 76.9 Å². The first-order valence-corrected chi connectivity index (χ1v) is 16.1. The van der Waals surface area contributed by atoms with Gasteiger partial charge in [0.1, 0.15) is 30.2 Å². The van der Waals surface area contributed by atoms with Crippen molar-refractivity contribution in [1.82, 2.24) is 20.2 Å². The molecule has 1 aromatic heterocycles. The minimum absolute atomic E-state index is 0.0670. The highest BCUT2D eigenvalue weighted by Crippen LogP contribution is 2.42. The van der Waals surface area contributed by atoms with Crippen LogP contribution < -0.4 is 15.0 Å². The Morgan fingerprint density at radius 2 is 2.11 bits per heavy atom. The molecule has 1 amide bonds. The molecule has 0 radical (unpaired) electrons. The number of fused-ring (bicyclic) bond motifs is 2. The average molecular weight is 630 g/mol. The Labute approximate surface area is 268 Å². The van der Waals surface area contributed by atoms with Crippen LogP contribution in [0.25, 0.3) is 10.8 Å². The largest absolute Gasteiger partial charge is 0.508 e. The van der Waals surface area contributed by atoms with Crippen LogP contribution in [0.1, 0.15) is 67.3 Å². The maximum atomic E-state index is 14.9. The second-order valence-corrected chi connectivity index (χ2v) is 13.2. The number of ether oxygens (including phenoxy) is 1. The molecule has 1 unspecified atom stereocenters. The second kappa shape index (κ2) is 12.9. The summed E-state index contributed by atoms with van der Waals surface area (Å²) in [5, 5.41) is 15.0. The van der Waals surface area contributed by atoms with E-state index in [0.29, 0.717) is 49.5 Å². The molecule has 2 N–H and O–H groups in total. The van der Waals surface area contributed by atoms with Gasteiger partial charge < -0.3 is 20.1 Å². The summed E-state index contributed by atoms with van der Waals surface area (Å²) in [4.78, 5) is 26.2. The number of rotatable bonds is 7. The Hall–Kier alpha value is -4.23. The van der Waals surface area contributed by atoms with Gasteiger partial charge in [-0.1, -0.05) is 18.6 Å². The number of likely N-dealkylation sites (tertiary alicyclic amines) is 1. The predicted octanol–water partition coefficient (Wildman–Crippen LogP) is 5.20. The number of benzene rings is 2. The van der Waals surface area contributed by atoms with E-state index in [2.05, 4.69) is 22.7 Å². The Bertz CT molecular complexity index is 1710. The van der Waals surface area contributed by atoms with Crippen molar-refractivity contribution in [3.05, 3.63) is 65.1 Å². The van der Waals surface area contributed by atoms with Crippen molar-refractivity contribution in [2.75, 3.05) is 38.2 Å². The summed E-state index contributed by atoms with van der Waals surface area (Å²) in [5.74, 6) is 2.62. The minimum Gasteiger partial charge on any atom is -0.508 e. The number of aromatic hydroxyl groups is 1. The molecule has 2 aromatic carbocycles. The van der Waals surface area contributed by atoms with Gasteiger partial charge in [-0.05, 0) is 93.6 Å². The third kappa shape index (κ3) is 6.25. The van der Waals surface area contributed by atoms with Crippen molar-refractivity contribution < 1.29 is 23.4 Å². The number of anilines is 1. The molecule has 2 saturated heterocycles. The van der Waals surface area contributed by atoms with Gasteiger partial charge in [0.25, 0.3) is 0 Å². The standard InChI is InChI=1S/C36H41F2N5O3/c1-5-27-30(38)13-11-23-15-26(44)17-29(33(23)27)22-10-12-28-31(16-22)40-35(46-21-36(3)18-24(37)19-42(36)4)41-34(28)43-14-8-7-9-25(20-43)39-32(45)6-2/h1,6,11,13,15,17,22,24-25,44H,2,7-10,12,14,16,18-21H2,3-4H3,(H,39,45)/t22-,24+,25?,36-/m0/s1. The Morgan fingerprint density at radius 3 is 2.85 bits per heavy atom. The van der Waals surface area contributed by atoms with E-state index in [4.69, 9.17) is 21.1 Å². The van der Waals surface area contributed by atoms with Gasteiger partial charge in [0.05, 0.1) is 16.8 Å². The van der Waals surface area contributed by atoms with Gasteiger partial charge in [-0.3, -0.25) is 9.69 Å². The highest BCUT2D eigenvalue weighted by molar-refractivity contribution is 5.93. The molecule has 10 heteroatoms. The van der Waals surface area contributed by atoms with Crippen molar-refractivity contribution in [3.63, 3.8) is 0 Å². The van der Waals surface area contributed by atoms with Crippen molar-refractivity contribution in [3.8, 4) is 24.1 Å². The number of carbonyl (C=O) groups is 1. The number of nitrogens with zero attached hydrogens (tertiary/aromatic N) is 4. The number of alkyl halides is 1. The van der Waals surface area contributed by atoms with Gasteiger partial charge in [-0.25, -0.2) is 8.78 Å². The van der Waals surface area contributed by atoms with Crippen LogP contribution >= 0.6 is 0 Å². The number of nitrogens with one attached hydrogen (secondary N) is 1. The van der Waals surface area contributed by atoms with E-state index in [1.807, 2.05) is 18.9 Å². The first-order chi connectivity index (χ1) is 22.1. The van der Waals surface area contributed by atoms with Crippen molar-refractivity contribution >= 4 is 22.5 Å². The quantitative estimate of drug-likeness (QED) is 0.274. The average Bonchev–Trinajstić information content (AvgIpc) is 3.16. The first-order valence-electron chi connectivity index (χ1n) is 16.1. The summed E-state index contributed by atoms with van der Waals surface area (Å²) in [7, 11) is 1.90. The molecule has 4 atom stereocenters. The number of phenols is 1. The molecule has 2 fully saturated rings. The third-order valence-corrected chi connectivity index (χ3v) is 9.97. The smallest absolute Gasteiger partial charge is 0.318 e. The SMILES string of the molecule is C#Cc1c(F)ccc2cc(O)cc([C@H]3CCc4c(nc(OC[C@]5(C)C[C@@H](F)CN5C)nc4N4CCCCC(NC(=O)C=C)C4)C3)c12. The van der Waals surface area contributed by atoms with E-state index in [9.17, 15) is 18.7 Å². The Kier molecular flexibility index (Phi) is 8.88. The van der Waals surface area contributed by atoms with Crippen LogP contribution in [0.5, 0.6) is 11.8 Å². The molecule has 3 heterocycles. The van der Waals surface area contributed by atoms with Gasteiger partial charge in [-0.2, -0.15) is 9.97 Å². The summed E-state index contributed by atoms with van der Waals surface area (Å²) in [5.41, 5.74) is 2.30. The van der Waals surface area contributed by atoms with Gasteiger partial charge in [0.2, 0.25) is 5.91 Å². The first kappa shape index (κ1) is 31.7. The minimum atomic E-state index is -0.922. The maximum Gasteiger partial charge on any atom is 0.318 e. The fourth-order valence-corrected chi connectivity index (χ4v) is 7.40. The molecule has 0 bridgehead atoms. The highest BCUT2D eigenvalue weighted by Gasteiger charge is 2.41. The Morgan fingerprint density at radius 1 is 1.28 bits per heavy atom. The van der Waals surface area contributed by atoms with Crippen LogP contribution in [0.3, 0.4) is 0 Å². The number of aromatic nitrogens is 2. The van der Waals surface area contributed by atoms with Crippen molar-refractivity contribution in [1.29, 1.82) is 0 Å². The molecule has 8 nitrogen and oxygen atoms in total. The molecule has 46 heavy (non-hydrogen) atoms. The van der Waals surface area contributed by atoms with E-state index in [1.54, 1.807) is 18.2 Å². The van der Waals surface area contributed by atoms with E-state index in [1.165, 1.54) is 12.1 Å². The van der Waals surface area contributed by atoms with Crippen LogP contribution in [0, 0.1) is 18.2 Å². The lowest BCUT2D eigenvalue weighted by Crippen LogP contribution is -2.44. The van der Waals surface area contributed by atoms with Gasteiger partial charge in [-0.15, -0.1) is 6.42 Å². The number of hydrogen-bond acceptors (Lipinski definition) is 7. The van der Waals surface area contributed by atoms with Gasteiger partial charge in [0, 0.05) is 43.0 Å². The lowest BCUT2D eigenvalue weighted by Gasteiger charge is -2.33. The molecule has 3 aliphatic rings.